The van der Waals surface area contributed by atoms with Crippen LogP contribution in [0.1, 0.15) is 10.5 Å². The van der Waals surface area contributed by atoms with Crippen LogP contribution >= 0.6 is 0 Å². The van der Waals surface area contributed by atoms with E-state index in [-0.39, 0.29) is 17.6 Å². The molecule has 0 unspecified atom stereocenters. The van der Waals surface area contributed by atoms with Crippen molar-refractivity contribution >= 4 is 22.6 Å². The van der Waals surface area contributed by atoms with Crippen LogP contribution in [0.5, 0.6) is 11.8 Å². The highest BCUT2D eigenvalue weighted by atomic mass is 16.5. The SMILES string of the molecule is O=C(Nc1ccc(Oc2ncccn2)cc1)c1cnc2ccccc2n1. The number of nitrogens with one attached hydrogen (secondary N) is 1. The van der Waals surface area contributed by atoms with Gasteiger partial charge in [0.05, 0.1) is 17.2 Å². The highest BCUT2D eigenvalue weighted by Gasteiger charge is 2.10. The van der Waals surface area contributed by atoms with E-state index in [1.54, 1.807) is 42.7 Å². The molecule has 0 bridgehead atoms. The Labute approximate surface area is 148 Å². The Bertz CT molecular complexity index is 1050. The van der Waals surface area contributed by atoms with Crippen LogP contribution in [0.4, 0.5) is 5.69 Å². The molecule has 0 aliphatic heterocycles. The lowest BCUT2D eigenvalue weighted by molar-refractivity contribution is 0.102. The van der Waals surface area contributed by atoms with E-state index in [0.29, 0.717) is 17.0 Å². The maximum atomic E-state index is 12.4. The van der Waals surface area contributed by atoms with Crippen LogP contribution in [0, 0.1) is 0 Å². The molecule has 7 heteroatoms. The molecule has 26 heavy (non-hydrogen) atoms. The Morgan fingerprint density at radius 1 is 0.846 bits per heavy atom. The molecule has 0 saturated heterocycles. The van der Waals surface area contributed by atoms with E-state index in [2.05, 4.69) is 25.3 Å². The number of anilines is 1. The summed E-state index contributed by atoms with van der Waals surface area (Å²) in [6, 6.07) is 16.3. The van der Waals surface area contributed by atoms with Gasteiger partial charge < -0.3 is 10.1 Å². The number of hydrogen-bond donors (Lipinski definition) is 1. The molecule has 2 aromatic heterocycles. The largest absolute Gasteiger partial charge is 0.424 e. The zero-order chi connectivity index (χ0) is 17.8. The first-order chi connectivity index (χ1) is 12.8. The van der Waals surface area contributed by atoms with Gasteiger partial charge in [-0.25, -0.2) is 15.0 Å². The standard InChI is InChI=1S/C19H13N5O2/c25-18(17-12-22-15-4-1-2-5-16(15)24-17)23-13-6-8-14(9-7-13)26-19-20-10-3-11-21-19/h1-12H,(H,23,25). The Hall–Kier alpha value is -3.87. The second kappa shape index (κ2) is 6.94. The van der Waals surface area contributed by atoms with Crippen LogP contribution in [0.15, 0.2) is 73.2 Å². The first-order valence-electron chi connectivity index (χ1n) is 7.86. The predicted molar refractivity (Wildman–Crippen MR) is 96.0 cm³/mol. The number of ether oxygens (including phenoxy) is 1. The third-order valence-corrected chi connectivity index (χ3v) is 3.54. The van der Waals surface area contributed by atoms with Crippen molar-refractivity contribution in [2.45, 2.75) is 0 Å². The molecular formula is C19H13N5O2. The number of aromatic nitrogens is 4. The van der Waals surface area contributed by atoms with Crippen LogP contribution in [0.3, 0.4) is 0 Å². The van der Waals surface area contributed by atoms with E-state index in [1.165, 1.54) is 6.20 Å². The molecule has 0 radical (unpaired) electrons. The summed E-state index contributed by atoms with van der Waals surface area (Å²) in [5, 5.41) is 2.79. The van der Waals surface area contributed by atoms with Crippen LogP contribution in [-0.2, 0) is 0 Å². The van der Waals surface area contributed by atoms with Crippen molar-refractivity contribution < 1.29 is 9.53 Å². The van der Waals surface area contributed by atoms with Crippen LogP contribution in [0.25, 0.3) is 11.0 Å². The fourth-order valence-electron chi connectivity index (χ4n) is 2.31. The lowest BCUT2D eigenvalue weighted by atomic mass is 10.2. The zero-order valence-electron chi connectivity index (χ0n) is 13.5. The lowest BCUT2D eigenvalue weighted by Crippen LogP contribution is -2.14. The maximum Gasteiger partial charge on any atom is 0.321 e. The average molecular weight is 343 g/mol. The zero-order valence-corrected chi connectivity index (χ0v) is 13.5. The molecule has 0 aliphatic rings. The van der Waals surface area contributed by atoms with E-state index in [0.717, 1.165) is 5.52 Å². The molecule has 0 spiro atoms. The average Bonchev–Trinajstić information content (AvgIpc) is 2.70. The van der Waals surface area contributed by atoms with Gasteiger partial charge in [-0.3, -0.25) is 9.78 Å². The van der Waals surface area contributed by atoms with Gasteiger partial charge in [-0.05, 0) is 42.5 Å². The van der Waals surface area contributed by atoms with E-state index in [4.69, 9.17) is 4.74 Å². The summed E-state index contributed by atoms with van der Waals surface area (Å²) in [4.78, 5) is 28.9. The van der Waals surface area contributed by atoms with Crippen molar-refractivity contribution in [1.82, 2.24) is 19.9 Å². The van der Waals surface area contributed by atoms with Crippen LogP contribution in [-0.4, -0.2) is 25.8 Å². The van der Waals surface area contributed by atoms with Crippen molar-refractivity contribution in [3.8, 4) is 11.8 Å². The summed E-state index contributed by atoms with van der Waals surface area (Å²) < 4.78 is 5.51. The third-order valence-electron chi connectivity index (χ3n) is 3.54. The second-order valence-electron chi connectivity index (χ2n) is 5.36. The molecule has 2 aromatic carbocycles. The van der Waals surface area contributed by atoms with E-state index < -0.39 is 0 Å². The van der Waals surface area contributed by atoms with E-state index in [9.17, 15) is 4.79 Å². The van der Waals surface area contributed by atoms with Crippen LogP contribution < -0.4 is 10.1 Å². The van der Waals surface area contributed by atoms with Gasteiger partial charge in [0.25, 0.3) is 5.91 Å². The second-order valence-corrected chi connectivity index (χ2v) is 5.36. The minimum absolute atomic E-state index is 0.252. The summed E-state index contributed by atoms with van der Waals surface area (Å²) >= 11 is 0. The number of benzene rings is 2. The van der Waals surface area contributed by atoms with Crippen molar-refractivity contribution in [3.63, 3.8) is 0 Å². The predicted octanol–water partition coefficient (Wildman–Crippen LogP) is 3.46. The Balaban J connectivity index is 1.46. The number of hydrogen-bond acceptors (Lipinski definition) is 6. The quantitative estimate of drug-likeness (QED) is 0.610. The Morgan fingerprint density at radius 2 is 1.58 bits per heavy atom. The third kappa shape index (κ3) is 3.46. The molecule has 7 nitrogen and oxygen atoms in total. The van der Waals surface area contributed by atoms with Gasteiger partial charge in [0.1, 0.15) is 11.4 Å². The van der Waals surface area contributed by atoms with Crippen LogP contribution in [0.2, 0.25) is 0 Å². The molecule has 126 valence electrons. The highest BCUT2D eigenvalue weighted by Crippen LogP contribution is 2.20. The summed E-state index contributed by atoms with van der Waals surface area (Å²) in [7, 11) is 0. The summed E-state index contributed by atoms with van der Waals surface area (Å²) in [6.45, 7) is 0. The molecule has 0 atom stereocenters. The number of fused-ring (bicyclic) bond motifs is 1. The van der Waals surface area contributed by atoms with Gasteiger partial charge in [0.2, 0.25) is 0 Å². The number of carbonyl (C=O) groups excluding carboxylic acids is 1. The van der Waals surface area contributed by atoms with Gasteiger partial charge >= 0.3 is 6.01 Å². The van der Waals surface area contributed by atoms with Gasteiger partial charge in [-0.1, -0.05) is 12.1 Å². The van der Waals surface area contributed by atoms with Gasteiger partial charge in [-0.2, -0.15) is 0 Å². The summed E-state index contributed by atoms with van der Waals surface area (Å²) in [5.74, 6) is 0.239. The number of carbonyl (C=O) groups is 1. The fraction of sp³-hybridized carbons (Fsp3) is 0. The van der Waals surface area contributed by atoms with E-state index >= 15 is 0 Å². The Morgan fingerprint density at radius 3 is 2.35 bits per heavy atom. The van der Waals surface area contributed by atoms with E-state index in [1.807, 2.05) is 24.3 Å². The van der Waals surface area contributed by atoms with Gasteiger partial charge in [0.15, 0.2) is 0 Å². The first-order valence-corrected chi connectivity index (χ1v) is 7.86. The molecule has 1 amide bonds. The molecule has 0 fully saturated rings. The molecule has 1 N–H and O–H groups in total. The number of amides is 1. The molecule has 0 aliphatic carbocycles. The topological polar surface area (TPSA) is 89.9 Å². The van der Waals surface area contributed by atoms with Gasteiger partial charge in [-0.15, -0.1) is 0 Å². The normalized spacial score (nSPS) is 10.5. The lowest BCUT2D eigenvalue weighted by Gasteiger charge is -2.07. The van der Waals surface area contributed by atoms with Crippen molar-refractivity contribution in [2.24, 2.45) is 0 Å². The number of rotatable bonds is 4. The van der Waals surface area contributed by atoms with Crippen molar-refractivity contribution in [2.75, 3.05) is 5.32 Å². The number of nitrogens with zero attached hydrogens (tertiary/aromatic N) is 4. The first kappa shape index (κ1) is 15.6. The Kier molecular flexibility index (Phi) is 4.17. The fourth-order valence-corrected chi connectivity index (χ4v) is 2.31. The molecule has 0 saturated carbocycles. The van der Waals surface area contributed by atoms with Gasteiger partial charge in [0, 0.05) is 18.1 Å². The summed E-state index contributed by atoms with van der Waals surface area (Å²) in [6.07, 6.45) is 4.66. The smallest absolute Gasteiger partial charge is 0.321 e. The number of para-hydroxylation sites is 2. The molecule has 4 rings (SSSR count). The summed E-state index contributed by atoms with van der Waals surface area (Å²) in [5.41, 5.74) is 2.29. The minimum Gasteiger partial charge on any atom is -0.424 e. The molecular weight excluding hydrogens is 330 g/mol. The highest BCUT2D eigenvalue weighted by molar-refractivity contribution is 6.03. The molecule has 2 heterocycles. The van der Waals surface area contributed by atoms with Crippen molar-refractivity contribution in [3.05, 3.63) is 78.9 Å². The minimum atomic E-state index is -0.330. The molecule has 4 aromatic rings. The van der Waals surface area contributed by atoms with Crippen molar-refractivity contribution in [1.29, 1.82) is 0 Å². The maximum absolute atomic E-state index is 12.4. The monoisotopic (exact) mass is 343 g/mol.